The van der Waals surface area contributed by atoms with E-state index in [1.807, 2.05) is 0 Å². The lowest BCUT2D eigenvalue weighted by molar-refractivity contribution is -0.128. The Morgan fingerprint density at radius 3 is 2.64 bits per heavy atom. The Morgan fingerprint density at radius 1 is 1.18 bits per heavy atom. The molecule has 2 aliphatic carbocycles. The highest BCUT2D eigenvalue weighted by atomic mass is 35.5. The van der Waals surface area contributed by atoms with Crippen LogP contribution in [0.5, 0.6) is 0 Å². The summed E-state index contributed by atoms with van der Waals surface area (Å²) in [6.07, 6.45) is 4.79. The molecule has 2 rings (SSSR count). The Kier molecular flexibility index (Phi) is 11.1. The highest BCUT2D eigenvalue weighted by molar-refractivity contribution is 7.97. The normalized spacial score (nSPS) is 30.8. The van der Waals surface area contributed by atoms with Gasteiger partial charge in [0.15, 0.2) is 0 Å². The van der Waals surface area contributed by atoms with Crippen LogP contribution < -0.4 is 10.0 Å². The molecule has 3 unspecified atom stereocenters. The average molecular weight is 439 g/mol. The molecule has 0 aliphatic heterocycles. The van der Waals surface area contributed by atoms with Crippen LogP contribution in [0.1, 0.15) is 57.8 Å². The van der Waals surface area contributed by atoms with Crippen LogP contribution in [0.2, 0.25) is 0 Å². The minimum Gasteiger partial charge on any atom is -0.368 e. The smallest absolute Gasteiger partial charge is 0.250 e. The van der Waals surface area contributed by atoms with Crippen molar-refractivity contribution in [2.75, 3.05) is 18.9 Å². The van der Waals surface area contributed by atoms with Crippen molar-refractivity contribution >= 4 is 29.5 Å². The van der Waals surface area contributed by atoms with E-state index in [1.54, 1.807) is 11.9 Å². The van der Waals surface area contributed by atoms with Crippen LogP contribution in [-0.2, 0) is 9.53 Å². The summed E-state index contributed by atoms with van der Waals surface area (Å²) in [5, 5.41) is 2.28. The molecule has 2 saturated carbocycles. The maximum absolute atomic E-state index is 13.6. The fraction of sp³-hybridized carbons (Fsp3) is 0.850. The van der Waals surface area contributed by atoms with Crippen molar-refractivity contribution < 1.29 is 18.3 Å². The van der Waals surface area contributed by atoms with E-state index >= 15 is 0 Å². The summed E-state index contributed by atoms with van der Waals surface area (Å²) >= 11 is 7.52. The molecule has 2 aliphatic rings. The van der Waals surface area contributed by atoms with Gasteiger partial charge in [-0.05, 0) is 50.9 Å². The van der Waals surface area contributed by atoms with Gasteiger partial charge in [0.25, 0.3) is 0 Å². The Hall–Kier alpha value is -0.370. The van der Waals surface area contributed by atoms with Gasteiger partial charge in [-0.1, -0.05) is 18.5 Å². The van der Waals surface area contributed by atoms with Gasteiger partial charge in [0.2, 0.25) is 5.91 Å². The molecule has 0 aromatic carbocycles. The Labute approximate surface area is 176 Å². The molecule has 162 valence electrons. The van der Waals surface area contributed by atoms with Crippen LogP contribution >= 0.6 is 23.5 Å². The SMILES string of the molecule is C=C(CCNSCCC1CCC(F)CC1)NC(=O)COC1CCC(Cl)C(F)C1. The monoisotopic (exact) mass is 438 g/mol. The first-order chi connectivity index (χ1) is 13.4. The van der Waals surface area contributed by atoms with E-state index in [9.17, 15) is 13.6 Å². The third-order valence-corrected chi connectivity index (χ3v) is 6.79. The summed E-state index contributed by atoms with van der Waals surface area (Å²) in [6, 6.07) is 0. The minimum atomic E-state index is -1.07. The molecule has 0 aromatic rings. The summed E-state index contributed by atoms with van der Waals surface area (Å²) < 4.78 is 35.4. The van der Waals surface area contributed by atoms with Crippen LogP contribution in [0.25, 0.3) is 0 Å². The van der Waals surface area contributed by atoms with E-state index in [-0.39, 0.29) is 25.0 Å². The molecule has 2 fully saturated rings. The zero-order chi connectivity index (χ0) is 20.4. The number of alkyl halides is 3. The molecule has 0 aromatic heterocycles. The molecule has 0 radical (unpaired) electrons. The quantitative estimate of drug-likeness (QED) is 0.279. The predicted molar refractivity (Wildman–Crippen MR) is 112 cm³/mol. The number of halogens is 3. The number of ether oxygens (including phenoxy) is 1. The highest BCUT2D eigenvalue weighted by Gasteiger charge is 2.29. The fourth-order valence-electron chi connectivity index (χ4n) is 3.67. The van der Waals surface area contributed by atoms with Gasteiger partial charge in [0.1, 0.15) is 19.0 Å². The average Bonchev–Trinajstić information content (AvgIpc) is 2.67. The molecular formula is C20H33ClF2N2O2S. The first-order valence-corrected chi connectivity index (χ1v) is 11.7. The van der Waals surface area contributed by atoms with Crippen molar-refractivity contribution in [3.8, 4) is 0 Å². The van der Waals surface area contributed by atoms with Crippen molar-refractivity contribution in [1.82, 2.24) is 10.0 Å². The number of carbonyl (C=O) groups is 1. The number of hydrogen-bond acceptors (Lipinski definition) is 4. The summed E-state index contributed by atoms with van der Waals surface area (Å²) in [4.78, 5) is 11.9. The topological polar surface area (TPSA) is 50.4 Å². The van der Waals surface area contributed by atoms with Crippen molar-refractivity contribution in [3.05, 3.63) is 12.3 Å². The molecule has 2 N–H and O–H groups in total. The first kappa shape index (κ1) is 23.9. The second-order valence-corrected chi connectivity index (χ2v) is 9.38. The van der Waals surface area contributed by atoms with Crippen molar-refractivity contribution in [1.29, 1.82) is 0 Å². The maximum atomic E-state index is 13.6. The zero-order valence-electron chi connectivity index (χ0n) is 16.4. The minimum absolute atomic E-state index is 0.0906. The van der Waals surface area contributed by atoms with E-state index in [1.165, 1.54) is 0 Å². The van der Waals surface area contributed by atoms with E-state index in [0.29, 0.717) is 50.3 Å². The number of amides is 1. The largest absolute Gasteiger partial charge is 0.368 e. The second-order valence-electron chi connectivity index (χ2n) is 7.83. The van der Waals surface area contributed by atoms with Crippen LogP contribution in [-0.4, -0.2) is 48.6 Å². The molecule has 0 saturated heterocycles. The summed E-state index contributed by atoms with van der Waals surface area (Å²) in [7, 11) is 0. The van der Waals surface area contributed by atoms with E-state index in [2.05, 4.69) is 16.6 Å². The van der Waals surface area contributed by atoms with Crippen molar-refractivity contribution in [2.45, 2.75) is 81.6 Å². The molecule has 0 spiro atoms. The van der Waals surface area contributed by atoms with E-state index in [4.69, 9.17) is 16.3 Å². The third-order valence-electron chi connectivity index (χ3n) is 5.45. The standard InChI is InChI=1S/C20H33ClF2N2O2S/c1-14(8-10-24-28-11-9-15-2-4-16(22)5-3-15)25-20(26)13-27-17-6-7-18(21)19(23)12-17/h15-19,24H,1-13H2,(H,25,26). The van der Waals surface area contributed by atoms with Crippen LogP contribution in [0, 0.1) is 5.92 Å². The lowest BCUT2D eigenvalue weighted by Crippen LogP contribution is -2.35. The van der Waals surface area contributed by atoms with Gasteiger partial charge in [-0.25, -0.2) is 8.78 Å². The summed E-state index contributed by atoms with van der Waals surface area (Å²) in [5.41, 5.74) is 0.635. The predicted octanol–water partition coefficient (Wildman–Crippen LogP) is 4.68. The number of nitrogens with one attached hydrogen (secondary N) is 2. The van der Waals surface area contributed by atoms with Crippen molar-refractivity contribution in [2.24, 2.45) is 5.92 Å². The Balaban J connectivity index is 1.44. The van der Waals surface area contributed by atoms with E-state index in [0.717, 1.165) is 25.0 Å². The molecule has 28 heavy (non-hydrogen) atoms. The van der Waals surface area contributed by atoms with Gasteiger partial charge in [-0.3, -0.25) is 9.52 Å². The third kappa shape index (κ3) is 9.42. The second kappa shape index (κ2) is 13.0. The summed E-state index contributed by atoms with van der Waals surface area (Å²) in [6.45, 7) is 4.48. The molecule has 1 amide bonds. The zero-order valence-corrected chi connectivity index (χ0v) is 18.0. The molecule has 3 atom stereocenters. The van der Waals surface area contributed by atoms with Crippen LogP contribution in [0.3, 0.4) is 0 Å². The molecular weight excluding hydrogens is 406 g/mol. The first-order valence-electron chi connectivity index (χ1n) is 10.3. The van der Waals surface area contributed by atoms with Gasteiger partial charge in [0.05, 0.1) is 11.5 Å². The van der Waals surface area contributed by atoms with Crippen LogP contribution in [0.4, 0.5) is 8.78 Å². The molecule has 4 nitrogen and oxygen atoms in total. The molecule has 8 heteroatoms. The van der Waals surface area contributed by atoms with Gasteiger partial charge in [-0.15, -0.1) is 11.6 Å². The number of carbonyl (C=O) groups excluding carboxylic acids is 1. The Bertz CT molecular complexity index is 493. The highest BCUT2D eigenvalue weighted by Crippen LogP contribution is 2.29. The van der Waals surface area contributed by atoms with Crippen LogP contribution in [0.15, 0.2) is 12.3 Å². The number of hydrogen-bond donors (Lipinski definition) is 2. The van der Waals surface area contributed by atoms with E-state index < -0.39 is 17.7 Å². The Morgan fingerprint density at radius 2 is 1.93 bits per heavy atom. The molecule has 0 heterocycles. The summed E-state index contributed by atoms with van der Waals surface area (Å²) in [5.74, 6) is 1.40. The fourth-order valence-corrected chi connectivity index (χ4v) is 4.74. The molecule has 0 bridgehead atoms. The maximum Gasteiger partial charge on any atom is 0.250 e. The van der Waals surface area contributed by atoms with Gasteiger partial charge < -0.3 is 10.1 Å². The van der Waals surface area contributed by atoms with Gasteiger partial charge >= 0.3 is 0 Å². The van der Waals surface area contributed by atoms with Gasteiger partial charge in [-0.2, -0.15) is 0 Å². The number of rotatable bonds is 11. The lowest BCUT2D eigenvalue weighted by atomic mass is 9.86. The van der Waals surface area contributed by atoms with Crippen molar-refractivity contribution in [3.63, 3.8) is 0 Å². The van der Waals surface area contributed by atoms with Gasteiger partial charge in [0, 0.05) is 30.8 Å². The lowest BCUT2D eigenvalue weighted by Gasteiger charge is -2.28.